The third kappa shape index (κ3) is 7.36. The molecule has 0 unspecified atom stereocenters. The van der Waals surface area contributed by atoms with Crippen LogP contribution in [0, 0.1) is 17.7 Å². The fourth-order valence-electron chi connectivity index (χ4n) is 4.38. The number of nitrogens with one attached hydrogen (secondary N) is 2. The van der Waals surface area contributed by atoms with E-state index in [-0.39, 0.29) is 63.0 Å². The van der Waals surface area contributed by atoms with Crippen molar-refractivity contribution in [3.05, 3.63) is 51.8 Å². The van der Waals surface area contributed by atoms with Gasteiger partial charge in [-0.15, -0.1) is 0 Å². The number of carbonyl (C=O) groups is 1. The van der Waals surface area contributed by atoms with Gasteiger partial charge in [0.15, 0.2) is 18.0 Å². The van der Waals surface area contributed by atoms with E-state index in [1.807, 2.05) is 0 Å². The van der Waals surface area contributed by atoms with E-state index in [4.69, 9.17) is 27.9 Å². The van der Waals surface area contributed by atoms with Crippen LogP contribution in [-0.2, 0) is 0 Å². The number of hydrogen-bond donors (Lipinski definition) is 2. The number of ether oxygens (including phenoxy) is 1. The molecule has 1 aliphatic carbocycles. The van der Waals surface area contributed by atoms with Gasteiger partial charge >= 0.3 is 6.18 Å². The first-order valence-corrected chi connectivity index (χ1v) is 12.7. The third-order valence-corrected chi connectivity index (χ3v) is 6.94. The van der Waals surface area contributed by atoms with Crippen molar-refractivity contribution in [2.75, 3.05) is 11.9 Å². The molecule has 1 fully saturated rings. The summed E-state index contributed by atoms with van der Waals surface area (Å²) in [6.45, 7) is -1.01. The molecule has 2 aromatic heterocycles. The number of nitrogens with zero attached hydrogens (tertiary/aromatic N) is 2. The zero-order valence-electron chi connectivity index (χ0n) is 20.1. The molecule has 3 aromatic rings. The molecule has 210 valence electrons. The molecule has 0 amide bonds. The summed E-state index contributed by atoms with van der Waals surface area (Å²) in [6, 6.07) is 3.41. The molecule has 0 aliphatic heterocycles. The van der Waals surface area contributed by atoms with Crippen molar-refractivity contribution in [2.24, 2.45) is 11.8 Å². The number of imidazole rings is 1. The fraction of sp³-hybridized carbons (Fsp3) is 0.400. The molecule has 39 heavy (non-hydrogen) atoms. The Kier molecular flexibility index (Phi) is 8.95. The van der Waals surface area contributed by atoms with E-state index in [0.717, 1.165) is 12.1 Å². The highest BCUT2D eigenvalue weighted by Crippen LogP contribution is 2.40. The second kappa shape index (κ2) is 12.0. The van der Waals surface area contributed by atoms with Crippen molar-refractivity contribution in [2.45, 2.75) is 44.7 Å². The van der Waals surface area contributed by atoms with Crippen molar-refractivity contribution < 1.29 is 35.9 Å². The molecule has 0 saturated heterocycles. The molecule has 14 heteroatoms. The lowest BCUT2D eigenvalue weighted by Crippen LogP contribution is -2.27. The van der Waals surface area contributed by atoms with Gasteiger partial charge in [-0.05, 0) is 62.3 Å². The first-order valence-electron chi connectivity index (χ1n) is 11.9. The highest BCUT2D eigenvalue weighted by atomic mass is 35.5. The van der Waals surface area contributed by atoms with Gasteiger partial charge in [-0.25, -0.2) is 13.2 Å². The van der Waals surface area contributed by atoms with Crippen molar-refractivity contribution in [3.63, 3.8) is 0 Å². The molecule has 2 N–H and O–H groups in total. The number of H-pyrrole nitrogens is 1. The Balaban J connectivity index is 1.52. The number of rotatable bonds is 9. The fourth-order valence-corrected chi connectivity index (χ4v) is 4.93. The summed E-state index contributed by atoms with van der Waals surface area (Å²) in [6.07, 6.45) is -2.96. The Morgan fingerprint density at radius 3 is 2.41 bits per heavy atom. The lowest BCUT2D eigenvalue weighted by atomic mass is 9.80. The minimum atomic E-state index is -4.20. The predicted molar refractivity (Wildman–Crippen MR) is 135 cm³/mol. The summed E-state index contributed by atoms with van der Waals surface area (Å²) in [5.74, 6) is -2.81. The summed E-state index contributed by atoms with van der Waals surface area (Å²) in [5, 5.41) is 2.74. The summed E-state index contributed by atoms with van der Waals surface area (Å²) < 4.78 is 82.8. The first kappa shape index (κ1) is 29.0. The average Bonchev–Trinajstić information content (AvgIpc) is 3.25. The van der Waals surface area contributed by atoms with Crippen LogP contribution in [0.2, 0.25) is 10.0 Å². The van der Waals surface area contributed by atoms with Gasteiger partial charge in [0.05, 0.1) is 32.7 Å². The second-order valence-electron chi connectivity index (χ2n) is 9.13. The highest BCUT2D eigenvalue weighted by Gasteiger charge is 2.41. The smallest absolute Gasteiger partial charge is 0.391 e. The normalized spacial score (nSPS) is 18.3. The number of fused-ring (bicyclic) bond motifs is 1. The third-order valence-electron chi connectivity index (χ3n) is 6.35. The average molecular weight is 595 g/mol. The van der Waals surface area contributed by atoms with Crippen LogP contribution in [-0.4, -0.2) is 39.9 Å². The van der Waals surface area contributed by atoms with Crippen molar-refractivity contribution >= 4 is 51.8 Å². The maximum atomic E-state index is 13.5. The zero-order chi connectivity index (χ0) is 28.3. The molecule has 4 rings (SSSR count). The maximum absolute atomic E-state index is 13.5. The monoisotopic (exact) mass is 594 g/mol. The molecule has 0 atom stereocenters. The van der Waals surface area contributed by atoms with Crippen LogP contribution in [0.15, 0.2) is 30.4 Å². The molecule has 0 spiro atoms. The Hall–Kier alpha value is -2.99. The van der Waals surface area contributed by atoms with E-state index in [1.165, 1.54) is 12.1 Å². The standard InChI is InChI=1S/C25H22Cl2F6N4O2/c26-16-8-14(28)9-17(27)21(16)35-24-34-18-10-15(23(36-22(18)37-24)39-11-20(29)30)19(38)3-1-2-12-4-6-13(7-5-12)25(31,32)33/h1,3,8-10,12-13,20H,2,4-7,11H2,(H2,34,35,36,37)/b3-1+. The van der Waals surface area contributed by atoms with Gasteiger partial charge in [0.2, 0.25) is 11.8 Å². The Labute approximate surface area is 228 Å². The van der Waals surface area contributed by atoms with E-state index < -0.39 is 36.7 Å². The molecular formula is C25H22Cl2F6N4O2. The number of allylic oxidation sites excluding steroid dienone is 2. The number of anilines is 2. The van der Waals surface area contributed by atoms with Crippen molar-refractivity contribution in [1.82, 2.24) is 15.0 Å². The van der Waals surface area contributed by atoms with Gasteiger partial charge in [0, 0.05) is 0 Å². The van der Waals surface area contributed by atoms with Crippen molar-refractivity contribution in [1.29, 1.82) is 0 Å². The topological polar surface area (TPSA) is 79.9 Å². The number of aromatic amines is 1. The molecule has 1 aliphatic rings. The van der Waals surface area contributed by atoms with Gasteiger partial charge in [0.1, 0.15) is 5.82 Å². The van der Waals surface area contributed by atoms with Crippen LogP contribution in [0.1, 0.15) is 42.5 Å². The minimum absolute atomic E-state index is 0.00848. The Morgan fingerprint density at radius 2 is 1.79 bits per heavy atom. The van der Waals surface area contributed by atoms with Gasteiger partial charge in [-0.3, -0.25) is 4.79 Å². The second-order valence-corrected chi connectivity index (χ2v) is 9.95. The molecule has 0 bridgehead atoms. The SMILES string of the molecule is O=C(/C=C/CC1CCC(C(F)(F)F)CC1)c1cc2[nH]c(Nc3c(Cl)cc(F)cc3Cl)nc2nc1OCC(F)F. The summed E-state index contributed by atoms with van der Waals surface area (Å²) in [5.41, 5.74) is 0.307. The number of aromatic nitrogens is 3. The van der Waals surface area contributed by atoms with Crippen LogP contribution < -0.4 is 10.1 Å². The van der Waals surface area contributed by atoms with E-state index in [9.17, 15) is 31.1 Å². The number of benzene rings is 1. The Bertz CT molecular complexity index is 1350. The van der Waals surface area contributed by atoms with E-state index in [1.54, 1.807) is 6.08 Å². The first-order chi connectivity index (χ1) is 18.4. The predicted octanol–water partition coefficient (Wildman–Crippen LogP) is 8.29. The maximum Gasteiger partial charge on any atom is 0.391 e. The van der Waals surface area contributed by atoms with Crippen molar-refractivity contribution in [3.8, 4) is 5.88 Å². The van der Waals surface area contributed by atoms with Gasteiger partial charge in [-0.2, -0.15) is 23.1 Å². The molecule has 1 saturated carbocycles. The molecule has 6 nitrogen and oxygen atoms in total. The number of hydrogen-bond acceptors (Lipinski definition) is 5. The van der Waals surface area contributed by atoms with Crippen LogP contribution in [0.5, 0.6) is 5.88 Å². The van der Waals surface area contributed by atoms with E-state index in [2.05, 4.69) is 20.3 Å². The number of pyridine rings is 1. The molecular weight excluding hydrogens is 573 g/mol. The minimum Gasteiger partial charge on any atom is -0.471 e. The molecule has 0 radical (unpaired) electrons. The lowest BCUT2D eigenvalue weighted by molar-refractivity contribution is -0.183. The summed E-state index contributed by atoms with van der Waals surface area (Å²) in [7, 11) is 0. The number of alkyl halides is 5. The van der Waals surface area contributed by atoms with Gasteiger partial charge in [0.25, 0.3) is 6.43 Å². The summed E-state index contributed by atoms with van der Waals surface area (Å²) >= 11 is 12.1. The van der Waals surface area contributed by atoms with E-state index >= 15 is 0 Å². The highest BCUT2D eigenvalue weighted by molar-refractivity contribution is 6.39. The quantitative estimate of drug-likeness (QED) is 0.148. The van der Waals surface area contributed by atoms with Crippen LogP contribution in [0.3, 0.4) is 0 Å². The molecule has 2 heterocycles. The Morgan fingerprint density at radius 1 is 1.13 bits per heavy atom. The van der Waals surface area contributed by atoms with E-state index in [0.29, 0.717) is 19.3 Å². The number of halogens is 8. The zero-order valence-corrected chi connectivity index (χ0v) is 21.6. The number of carbonyl (C=O) groups excluding carboxylic acids is 1. The van der Waals surface area contributed by atoms with Crippen LogP contribution >= 0.6 is 23.2 Å². The molecule has 1 aromatic carbocycles. The lowest BCUT2D eigenvalue weighted by Gasteiger charge is -2.29. The van der Waals surface area contributed by atoms with Crippen LogP contribution in [0.25, 0.3) is 11.2 Å². The van der Waals surface area contributed by atoms with Gasteiger partial charge < -0.3 is 15.0 Å². The summed E-state index contributed by atoms with van der Waals surface area (Å²) in [4.78, 5) is 24.1. The van der Waals surface area contributed by atoms with Crippen LogP contribution in [0.4, 0.5) is 38.0 Å². The largest absolute Gasteiger partial charge is 0.471 e. The van der Waals surface area contributed by atoms with Gasteiger partial charge in [-0.1, -0.05) is 29.3 Å². The number of ketones is 1.